The summed E-state index contributed by atoms with van der Waals surface area (Å²) in [5, 5.41) is 5.67. The Morgan fingerprint density at radius 3 is 2.48 bits per heavy atom. The normalized spacial score (nSPS) is 17.5. The van der Waals surface area contributed by atoms with E-state index in [1.807, 2.05) is 32.0 Å². The lowest BCUT2D eigenvalue weighted by atomic mass is 10.00. The summed E-state index contributed by atoms with van der Waals surface area (Å²) in [6.07, 6.45) is 1.04. The van der Waals surface area contributed by atoms with E-state index >= 15 is 0 Å². The first-order valence-electron chi connectivity index (χ1n) is 11.8. The van der Waals surface area contributed by atoms with E-state index in [1.165, 1.54) is 16.8 Å². The minimum atomic E-state index is -0.628. The molecule has 2 aliphatic heterocycles. The van der Waals surface area contributed by atoms with Crippen LogP contribution in [0.25, 0.3) is 0 Å². The average Bonchev–Trinajstić information content (AvgIpc) is 3.18. The van der Waals surface area contributed by atoms with Crippen molar-refractivity contribution >= 4 is 23.2 Å². The van der Waals surface area contributed by atoms with Crippen LogP contribution in [0.1, 0.15) is 28.3 Å². The number of nitrogens with one attached hydrogen (secondary N) is 2. The molecule has 1 fully saturated rings. The second-order valence-electron chi connectivity index (χ2n) is 9.33. The first-order valence-corrected chi connectivity index (χ1v) is 11.8. The first kappa shape index (κ1) is 23.3. The molecule has 1 saturated heterocycles. The number of amides is 2. The lowest BCUT2D eigenvalue weighted by Crippen LogP contribution is -2.49. The van der Waals surface area contributed by atoms with Crippen molar-refractivity contribution < 1.29 is 9.59 Å². The zero-order chi connectivity index (χ0) is 23.5. The monoisotopic (exact) mass is 449 g/mol. The van der Waals surface area contributed by atoms with Gasteiger partial charge in [-0.05, 0) is 61.7 Å². The first-order chi connectivity index (χ1) is 15.8. The molecular weight excluding hydrogens is 414 g/mol. The fourth-order valence-electron chi connectivity index (χ4n) is 4.72. The fourth-order valence-corrected chi connectivity index (χ4v) is 4.72. The molecule has 0 bridgehead atoms. The number of carbonyl (C=O) groups is 2. The highest BCUT2D eigenvalue weighted by molar-refractivity contribution is 6.39. The summed E-state index contributed by atoms with van der Waals surface area (Å²) in [5.41, 5.74) is 6.56. The molecule has 2 amide bonds. The van der Waals surface area contributed by atoms with Crippen LogP contribution in [0.3, 0.4) is 0 Å². The summed E-state index contributed by atoms with van der Waals surface area (Å²) >= 11 is 0. The van der Waals surface area contributed by atoms with Crippen LogP contribution in [0.4, 0.5) is 11.4 Å². The van der Waals surface area contributed by atoms with Crippen molar-refractivity contribution in [2.45, 2.75) is 26.3 Å². The average molecular weight is 450 g/mol. The van der Waals surface area contributed by atoms with Gasteiger partial charge >= 0.3 is 11.8 Å². The molecule has 0 radical (unpaired) electrons. The van der Waals surface area contributed by atoms with Gasteiger partial charge in [-0.3, -0.25) is 14.5 Å². The predicted molar refractivity (Wildman–Crippen MR) is 133 cm³/mol. The number of piperazine rings is 1. The fraction of sp³-hybridized carbons (Fsp3) is 0.462. The molecule has 0 unspecified atom stereocenters. The summed E-state index contributed by atoms with van der Waals surface area (Å²) < 4.78 is 0. The quantitative estimate of drug-likeness (QED) is 0.686. The van der Waals surface area contributed by atoms with Gasteiger partial charge in [0.2, 0.25) is 0 Å². The van der Waals surface area contributed by atoms with Crippen molar-refractivity contribution in [3.63, 3.8) is 0 Å². The number of carbonyl (C=O) groups excluding carboxylic acids is 2. The third-order valence-electron chi connectivity index (χ3n) is 7.11. The number of rotatable bonds is 5. The van der Waals surface area contributed by atoms with Gasteiger partial charge in [0.1, 0.15) is 0 Å². The van der Waals surface area contributed by atoms with Crippen molar-refractivity contribution in [3.05, 3.63) is 58.7 Å². The van der Waals surface area contributed by atoms with Crippen LogP contribution in [-0.2, 0) is 16.0 Å². The molecule has 33 heavy (non-hydrogen) atoms. The maximum absolute atomic E-state index is 12.7. The van der Waals surface area contributed by atoms with Gasteiger partial charge in [-0.25, -0.2) is 0 Å². The third-order valence-corrected chi connectivity index (χ3v) is 7.11. The van der Waals surface area contributed by atoms with E-state index < -0.39 is 11.8 Å². The van der Waals surface area contributed by atoms with Gasteiger partial charge in [-0.2, -0.15) is 0 Å². The van der Waals surface area contributed by atoms with Gasteiger partial charge in [0.05, 0.1) is 6.04 Å². The Morgan fingerprint density at radius 1 is 0.970 bits per heavy atom. The number of hydrogen-bond acceptors (Lipinski definition) is 5. The molecule has 176 valence electrons. The van der Waals surface area contributed by atoms with E-state index in [4.69, 9.17) is 0 Å². The minimum absolute atomic E-state index is 0.0346. The Balaban J connectivity index is 1.47. The molecule has 2 N–H and O–H groups in total. The molecule has 1 atom stereocenters. The lowest BCUT2D eigenvalue weighted by Gasteiger charge is -2.38. The Kier molecular flexibility index (Phi) is 7.00. The highest BCUT2D eigenvalue weighted by atomic mass is 16.2. The van der Waals surface area contributed by atoms with Crippen LogP contribution in [0.2, 0.25) is 0 Å². The number of likely N-dealkylation sites (N-methyl/N-ethyl adjacent to an activating group) is 2. The van der Waals surface area contributed by atoms with Crippen molar-refractivity contribution in [2.24, 2.45) is 0 Å². The molecule has 7 nitrogen and oxygen atoms in total. The minimum Gasteiger partial charge on any atom is -0.374 e. The van der Waals surface area contributed by atoms with Gasteiger partial charge in [-0.1, -0.05) is 24.3 Å². The van der Waals surface area contributed by atoms with Crippen molar-refractivity contribution in [1.82, 2.24) is 15.1 Å². The van der Waals surface area contributed by atoms with Crippen LogP contribution in [0.5, 0.6) is 0 Å². The van der Waals surface area contributed by atoms with Crippen molar-refractivity contribution in [2.75, 3.05) is 63.6 Å². The van der Waals surface area contributed by atoms with Gasteiger partial charge in [0.15, 0.2) is 0 Å². The number of hydrogen-bond donors (Lipinski definition) is 2. The second-order valence-corrected chi connectivity index (χ2v) is 9.33. The molecule has 0 aliphatic carbocycles. The van der Waals surface area contributed by atoms with E-state index in [0.717, 1.165) is 50.3 Å². The van der Waals surface area contributed by atoms with E-state index in [-0.39, 0.29) is 6.04 Å². The van der Waals surface area contributed by atoms with E-state index in [2.05, 4.69) is 57.6 Å². The topological polar surface area (TPSA) is 67.9 Å². The predicted octanol–water partition coefficient (Wildman–Crippen LogP) is 2.34. The molecule has 2 aromatic carbocycles. The number of benzene rings is 2. The zero-order valence-corrected chi connectivity index (χ0v) is 20.1. The van der Waals surface area contributed by atoms with Crippen LogP contribution in [-0.4, -0.2) is 75.0 Å². The van der Waals surface area contributed by atoms with Gasteiger partial charge in [0, 0.05) is 57.7 Å². The second kappa shape index (κ2) is 9.93. The summed E-state index contributed by atoms with van der Waals surface area (Å²) in [6, 6.07) is 12.4. The highest BCUT2D eigenvalue weighted by Gasteiger charge is 2.27. The highest BCUT2D eigenvalue weighted by Crippen LogP contribution is 2.31. The van der Waals surface area contributed by atoms with Gasteiger partial charge < -0.3 is 20.4 Å². The van der Waals surface area contributed by atoms with Crippen molar-refractivity contribution in [1.29, 1.82) is 0 Å². The largest absolute Gasteiger partial charge is 0.374 e. The summed E-state index contributed by atoms with van der Waals surface area (Å²) in [4.78, 5) is 32.3. The number of anilines is 2. The van der Waals surface area contributed by atoms with Crippen LogP contribution < -0.4 is 15.5 Å². The van der Waals surface area contributed by atoms with E-state index in [0.29, 0.717) is 12.2 Å². The molecule has 7 heteroatoms. The van der Waals surface area contributed by atoms with Gasteiger partial charge in [0.25, 0.3) is 0 Å². The molecule has 0 aromatic heterocycles. The Labute approximate surface area is 196 Å². The molecular formula is C26H35N5O2. The molecule has 0 saturated carbocycles. The number of fused-ring (bicyclic) bond motifs is 1. The molecule has 2 aliphatic rings. The van der Waals surface area contributed by atoms with E-state index in [9.17, 15) is 9.59 Å². The van der Waals surface area contributed by atoms with Crippen LogP contribution >= 0.6 is 0 Å². The Bertz CT molecular complexity index is 1030. The van der Waals surface area contributed by atoms with Crippen LogP contribution in [0, 0.1) is 13.8 Å². The Morgan fingerprint density at radius 2 is 1.73 bits per heavy atom. The lowest BCUT2D eigenvalue weighted by molar-refractivity contribution is -0.136. The van der Waals surface area contributed by atoms with Crippen LogP contribution in [0.15, 0.2) is 36.4 Å². The Hall–Kier alpha value is -2.90. The molecule has 4 rings (SSSR count). The maximum Gasteiger partial charge on any atom is 0.313 e. The summed E-state index contributed by atoms with van der Waals surface area (Å²) in [7, 11) is 4.26. The summed E-state index contributed by atoms with van der Waals surface area (Å²) in [6.45, 7) is 9.21. The van der Waals surface area contributed by atoms with Crippen molar-refractivity contribution in [3.8, 4) is 0 Å². The van der Waals surface area contributed by atoms with E-state index in [1.54, 1.807) is 0 Å². The molecule has 2 aromatic rings. The molecule has 0 spiro atoms. The summed E-state index contributed by atoms with van der Waals surface area (Å²) in [5.74, 6) is -1.23. The maximum atomic E-state index is 12.7. The molecule has 2 heterocycles. The zero-order valence-electron chi connectivity index (χ0n) is 20.1. The number of nitrogens with zero attached hydrogens (tertiary/aromatic N) is 3. The number of aryl methyl sites for hydroxylation is 1. The standard InChI is InChI=1S/C26H35N5O2/c1-18-6-5-7-22(19(18)2)28-26(33)25(32)27-17-24(31-14-12-29(3)13-15-31)20-8-9-23-21(16-20)10-11-30(23)4/h5-9,16,24H,10-15,17H2,1-4H3,(H,27,32)(H,28,33)/t24-/m0/s1. The smallest absolute Gasteiger partial charge is 0.313 e. The SMILES string of the molecule is Cc1cccc(NC(=O)C(=O)NC[C@@H](c2ccc3c(c2)CCN3C)N2CCN(C)CC2)c1C. The van der Waals surface area contributed by atoms with Gasteiger partial charge in [-0.15, -0.1) is 0 Å². The third kappa shape index (κ3) is 5.20.